The molecule has 1 fully saturated rings. The minimum atomic E-state index is -0.110. The summed E-state index contributed by atoms with van der Waals surface area (Å²) in [4.78, 5) is 26.3. The topological polar surface area (TPSA) is 75.4 Å². The van der Waals surface area contributed by atoms with E-state index in [0.717, 1.165) is 19.3 Å². The summed E-state index contributed by atoms with van der Waals surface area (Å²) in [5, 5.41) is 3.24. The normalized spacial score (nSPS) is 20.2. The molecule has 0 bridgehead atoms. The summed E-state index contributed by atoms with van der Waals surface area (Å²) < 4.78 is 0. The van der Waals surface area contributed by atoms with Crippen molar-refractivity contribution in [2.75, 3.05) is 12.4 Å². The second-order valence-corrected chi connectivity index (χ2v) is 7.22. The number of nitrogens with zero attached hydrogens (tertiary/aromatic N) is 1. The maximum Gasteiger partial charge on any atom is 0.253 e. The lowest BCUT2D eigenvalue weighted by molar-refractivity contribution is -0.117. The van der Waals surface area contributed by atoms with Crippen molar-refractivity contribution >= 4 is 29.1 Å². The van der Waals surface area contributed by atoms with Crippen molar-refractivity contribution in [3.05, 3.63) is 28.8 Å². The lowest BCUT2D eigenvalue weighted by atomic mass is 10.00. The maximum absolute atomic E-state index is 12.4. The molecule has 1 saturated carbocycles. The summed E-state index contributed by atoms with van der Waals surface area (Å²) in [6.45, 7) is 3.89. The SMILES string of the molecule is CC(C)N(C)C(=O)c1ccc(Cl)c(NC(=O)C[C@@H]2CCC[C@H]2N)c1. The van der Waals surface area contributed by atoms with Gasteiger partial charge in [-0.15, -0.1) is 0 Å². The predicted octanol–water partition coefficient (Wildman–Crippen LogP) is 3.28. The van der Waals surface area contributed by atoms with E-state index in [-0.39, 0.29) is 29.8 Å². The molecule has 0 saturated heterocycles. The Kier molecular flexibility index (Phi) is 6.24. The van der Waals surface area contributed by atoms with E-state index in [1.807, 2.05) is 13.8 Å². The molecule has 1 aliphatic rings. The van der Waals surface area contributed by atoms with E-state index in [0.29, 0.717) is 22.7 Å². The Morgan fingerprint density at radius 1 is 1.38 bits per heavy atom. The van der Waals surface area contributed by atoms with Gasteiger partial charge in [0.25, 0.3) is 5.91 Å². The molecule has 2 rings (SSSR count). The zero-order valence-electron chi connectivity index (χ0n) is 14.5. The molecular weight excluding hydrogens is 326 g/mol. The van der Waals surface area contributed by atoms with E-state index < -0.39 is 0 Å². The third-order valence-corrected chi connectivity index (χ3v) is 5.08. The van der Waals surface area contributed by atoms with Crippen LogP contribution in [0.1, 0.15) is 49.9 Å². The summed E-state index contributed by atoms with van der Waals surface area (Å²) >= 11 is 6.17. The summed E-state index contributed by atoms with van der Waals surface area (Å²) in [5.41, 5.74) is 6.99. The first-order valence-electron chi connectivity index (χ1n) is 8.41. The minimum Gasteiger partial charge on any atom is -0.339 e. The van der Waals surface area contributed by atoms with Crippen LogP contribution < -0.4 is 11.1 Å². The quantitative estimate of drug-likeness (QED) is 0.854. The van der Waals surface area contributed by atoms with Crippen LogP contribution in [0, 0.1) is 5.92 Å². The van der Waals surface area contributed by atoms with Crippen LogP contribution in [-0.4, -0.2) is 35.8 Å². The van der Waals surface area contributed by atoms with Gasteiger partial charge in [-0.3, -0.25) is 9.59 Å². The highest BCUT2D eigenvalue weighted by atomic mass is 35.5. The van der Waals surface area contributed by atoms with Gasteiger partial charge < -0.3 is 16.0 Å². The standard InChI is InChI=1S/C18H26ClN3O2/c1-11(2)22(3)18(24)13-7-8-14(19)16(9-13)21-17(23)10-12-5-4-6-15(12)20/h7-9,11-12,15H,4-6,10,20H2,1-3H3,(H,21,23)/t12-,15+/m0/s1. The van der Waals surface area contributed by atoms with Crippen LogP contribution in [0.2, 0.25) is 5.02 Å². The number of nitrogens with one attached hydrogen (secondary N) is 1. The van der Waals surface area contributed by atoms with Gasteiger partial charge in [0.05, 0.1) is 10.7 Å². The molecule has 1 aliphatic carbocycles. The first-order valence-corrected chi connectivity index (χ1v) is 8.79. The molecule has 0 spiro atoms. The van der Waals surface area contributed by atoms with Gasteiger partial charge in [0.1, 0.15) is 0 Å². The fourth-order valence-corrected chi connectivity index (χ4v) is 3.12. The minimum absolute atomic E-state index is 0.0927. The molecule has 0 aliphatic heterocycles. The molecule has 24 heavy (non-hydrogen) atoms. The number of nitrogens with two attached hydrogens (primary N) is 1. The number of carbonyl (C=O) groups excluding carboxylic acids is 2. The number of hydrogen-bond acceptors (Lipinski definition) is 3. The summed E-state index contributed by atoms with van der Waals surface area (Å²) in [5.74, 6) is 0.0108. The molecule has 2 amide bonds. The average Bonchev–Trinajstić information content (AvgIpc) is 2.93. The van der Waals surface area contributed by atoms with E-state index in [4.69, 9.17) is 17.3 Å². The smallest absolute Gasteiger partial charge is 0.253 e. The molecule has 0 heterocycles. The Balaban J connectivity index is 2.08. The first-order chi connectivity index (χ1) is 11.3. The van der Waals surface area contributed by atoms with Crippen molar-refractivity contribution in [2.45, 2.75) is 51.6 Å². The fraction of sp³-hybridized carbons (Fsp3) is 0.556. The Bertz CT molecular complexity index is 618. The van der Waals surface area contributed by atoms with Crippen LogP contribution >= 0.6 is 11.6 Å². The number of rotatable bonds is 5. The Labute approximate surface area is 148 Å². The van der Waals surface area contributed by atoms with E-state index >= 15 is 0 Å². The fourth-order valence-electron chi connectivity index (χ4n) is 2.95. The maximum atomic E-state index is 12.4. The van der Waals surface area contributed by atoms with E-state index in [9.17, 15) is 9.59 Å². The second kappa shape index (κ2) is 7.99. The molecular formula is C18H26ClN3O2. The molecule has 0 radical (unpaired) electrons. The molecule has 1 aromatic carbocycles. The number of carbonyl (C=O) groups is 2. The van der Waals surface area contributed by atoms with Gasteiger partial charge in [-0.25, -0.2) is 0 Å². The number of benzene rings is 1. The van der Waals surface area contributed by atoms with E-state index in [1.54, 1.807) is 30.1 Å². The van der Waals surface area contributed by atoms with Crippen molar-refractivity contribution in [3.8, 4) is 0 Å². The summed E-state index contributed by atoms with van der Waals surface area (Å²) in [7, 11) is 1.75. The highest BCUT2D eigenvalue weighted by Crippen LogP contribution is 2.28. The van der Waals surface area contributed by atoms with Gasteiger partial charge in [0.15, 0.2) is 0 Å². The monoisotopic (exact) mass is 351 g/mol. The van der Waals surface area contributed by atoms with Gasteiger partial charge in [-0.05, 0) is 50.8 Å². The molecule has 6 heteroatoms. The van der Waals surface area contributed by atoms with Crippen LogP contribution in [0.15, 0.2) is 18.2 Å². The molecule has 0 aromatic heterocycles. The van der Waals surface area contributed by atoms with Crippen LogP contribution in [0.4, 0.5) is 5.69 Å². The van der Waals surface area contributed by atoms with Crippen molar-refractivity contribution < 1.29 is 9.59 Å². The Morgan fingerprint density at radius 3 is 2.67 bits per heavy atom. The van der Waals surface area contributed by atoms with E-state index in [1.165, 1.54) is 0 Å². The molecule has 0 unspecified atom stereocenters. The first kappa shape index (κ1) is 18.7. The zero-order chi connectivity index (χ0) is 17.9. The number of hydrogen-bond donors (Lipinski definition) is 2. The lowest BCUT2D eigenvalue weighted by Crippen LogP contribution is -2.33. The summed E-state index contributed by atoms with van der Waals surface area (Å²) in [6, 6.07) is 5.14. The largest absolute Gasteiger partial charge is 0.339 e. The highest BCUT2D eigenvalue weighted by Gasteiger charge is 2.26. The van der Waals surface area contributed by atoms with E-state index in [2.05, 4.69) is 5.32 Å². The Morgan fingerprint density at radius 2 is 2.08 bits per heavy atom. The van der Waals surface area contributed by atoms with Gasteiger partial charge in [-0.1, -0.05) is 18.0 Å². The third-order valence-electron chi connectivity index (χ3n) is 4.75. The second-order valence-electron chi connectivity index (χ2n) is 6.81. The van der Waals surface area contributed by atoms with Crippen LogP contribution in [0.5, 0.6) is 0 Å². The van der Waals surface area contributed by atoms with Crippen LogP contribution in [0.25, 0.3) is 0 Å². The predicted molar refractivity (Wildman–Crippen MR) is 97.2 cm³/mol. The van der Waals surface area contributed by atoms with Gasteiger partial charge in [0, 0.05) is 31.1 Å². The molecule has 3 N–H and O–H groups in total. The average molecular weight is 352 g/mol. The Hall–Kier alpha value is -1.59. The third kappa shape index (κ3) is 4.48. The zero-order valence-corrected chi connectivity index (χ0v) is 15.3. The lowest BCUT2D eigenvalue weighted by Gasteiger charge is -2.22. The van der Waals surface area contributed by atoms with Crippen LogP contribution in [0.3, 0.4) is 0 Å². The van der Waals surface area contributed by atoms with Gasteiger partial charge in [-0.2, -0.15) is 0 Å². The number of anilines is 1. The molecule has 2 atom stereocenters. The number of amides is 2. The molecule has 5 nitrogen and oxygen atoms in total. The van der Waals surface area contributed by atoms with Crippen molar-refractivity contribution in [2.24, 2.45) is 11.7 Å². The van der Waals surface area contributed by atoms with Crippen molar-refractivity contribution in [1.82, 2.24) is 4.90 Å². The summed E-state index contributed by atoms with van der Waals surface area (Å²) in [6.07, 6.45) is 3.43. The molecule has 132 valence electrons. The molecule has 1 aromatic rings. The van der Waals surface area contributed by atoms with Crippen LogP contribution in [-0.2, 0) is 4.79 Å². The van der Waals surface area contributed by atoms with Gasteiger partial charge >= 0.3 is 0 Å². The van der Waals surface area contributed by atoms with Gasteiger partial charge in [0.2, 0.25) is 5.91 Å². The number of halogens is 1. The van der Waals surface area contributed by atoms with Crippen molar-refractivity contribution in [1.29, 1.82) is 0 Å². The highest BCUT2D eigenvalue weighted by molar-refractivity contribution is 6.33. The van der Waals surface area contributed by atoms with Crippen molar-refractivity contribution in [3.63, 3.8) is 0 Å².